The molecule has 0 aliphatic heterocycles. The highest BCUT2D eigenvalue weighted by atomic mass is 32.1. The van der Waals surface area contributed by atoms with E-state index in [9.17, 15) is 0 Å². The van der Waals surface area contributed by atoms with Crippen LogP contribution in [0.2, 0.25) is 0 Å². The van der Waals surface area contributed by atoms with Crippen molar-refractivity contribution in [2.75, 3.05) is 18.5 Å². The van der Waals surface area contributed by atoms with Crippen LogP contribution < -0.4 is 10.2 Å². The van der Waals surface area contributed by atoms with Gasteiger partial charge in [0.05, 0.1) is 17.7 Å². The van der Waals surface area contributed by atoms with Crippen LogP contribution in [0.25, 0.3) is 0 Å². The number of anilines is 1. The summed E-state index contributed by atoms with van der Waals surface area (Å²) < 4.78 is 0. The molecular formula is C15H22N4S. The Morgan fingerprint density at radius 3 is 2.95 bits per heavy atom. The van der Waals surface area contributed by atoms with Crippen LogP contribution in [0, 0.1) is 0 Å². The van der Waals surface area contributed by atoms with E-state index in [0.717, 1.165) is 31.0 Å². The van der Waals surface area contributed by atoms with Gasteiger partial charge in [-0.05, 0) is 37.6 Å². The van der Waals surface area contributed by atoms with Crippen molar-refractivity contribution < 1.29 is 0 Å². The van der Waals surface area contributed by atoms with Crippen molar-refractivity contribution in [1.29, 1.82) is 0 Å². The molecule has 2 aromatic heterocycles. The minimum Gasteiger partial charge on any atom is -0.354 e. The summed E-state index contributed by atoms with van der Waals surface area (Å²) in [6, 6.07) is 4.58. The molecule has 2 aromatic rings. The smallest absolute Gasteiger partial charge is 0.128 e. The van der Waals surface area contributed by atoms with E-state index >= 15 is 0 Å². The third kappa shape index (κ3) is 4.02. The molecule has 0 radical (unpaired) electrons. The van der Waals surface area contributed by atoms with Crippen molar-refractivity contribution in [1.82, 2.24) is 15.3 Å². The van der Waals surface area contributed by atoms with Crippen LogP contribution in [0.5, 0.6) is 0 Å². The number of nitrogens with one attached hydrogen (secondary N) is 1. The predicted molar refractivity (Wildman–Crippen MR) is 85.2 cm³/mol. The average Bonchev–Trinajstić information content (AvgIpc) is 2.97. The van der Waals surface area contributed by atoms with Gasteiger partial charge in [-0.25, -0.2) is 9.97 Å². The highest BCUT2D eigenvalue weighted by Gasteiger charge is 2.09. The minimum atomic E-state index is 0.351. The first kappa shape index (κ1) is 14.9. The monoisotopic (exact) mass is 290 g/mol. The van der Waals surface area contributed by atoms with Crippen molar-refractivity contribution in [2.24, 2.45) is 0 Å². The second-order valence-corrected chi connectivity index (χ2v) is 5.68. The van der Waals surface area contributed by atoms with Crippen LogP contribution in [-0.2, 0) is 6.54 Å². The van der Waals surface area contributed by atoms with E-state index in [2.05, 4.69) is 58.6 Å². The summed E-state index contributed by atoms with van der Waals surface area (Å²) in [5.74, 6) is 0.987. The molecule has 0 saturated carbocycles. The molecule has 0 spiro atoms. The third-order valence-electron chi connectivity index (χ3n) is 3.24. The van der Waals surface area contributed by atoms with Crippen LogP contribution in [0.4, 0.5) is 5.82 Å². The summed E-state index contributed by atoms with van der Waals surface area (Å²) in [4.78, 5) is 10.9. The zero-order valence-electron chi connectivity index (χ0n) is 12.3. The molecule has 0 bridgehead atoms. The summed E-state index contributed by atoms with van der Waals surface area (Å²) in [6.45, 7) is 6.19. The van der Waals surface area contributed by atoms with Gasteiger partial charge in [0.15, 0.2) is 0 Å². The molecule has 0 aliphatic carbocycles. The number of aromatic nitrogens is 2. The number of hydrogen-bond donors (Lipinski definition) is 1. The maximum absolute atomic E-state index is 4.46. The molecule has 0 aliphatic rings. The fourth-order valence-corrected chi connectivity index (χ4v) is 2.58. The van der Waals surface area contributed by atoms with E-state index in [1.807, 2.05) is 11.7 Å². The number of hydrogen-bond acceptors (Lipinski definition) is 5. The van der Waals surface area contributed by atoms with Gasteiger partial charge in [-0.3, -0.25) is 0 Å². The lowest BCUT2D eigenvalue weighted by Crippen LogP contribution is -2.21. The van der Waals surface area contributed by atoms with Gasteiger partial charge in [0.1, 0.15) is 5.82 Å². The van der Waals surface area contributed by atoms with E-state index in [1.54, 1.807) is 11.3 Å². The van der Waals surface area contributed by atoms with E-state index in [-0.39, 0.29) is 0 Å². The summed E-state index contributed by atoms with van der Waals surface area (Å²) in [6.07, 6.45) is 3.03. The fourth-order valence-electron chi connectivity index (χ4n) is 2.03. The van der Waals surface area contributed by atoms with Gasteiger partial charge in [0, 0.05) is 24.7 Å². The normalized spacial score (nSPS) is 12.3. The molecular weight excluding hydrogens is 268 g/mol. The fraction of sp³-hybridized carbons (Fsp3) is 0.467. The van der Waals surface area contributed by atoms with Crippen molar-refractivity contribution in [2.45, 2.75) is 32.9 Å². The minimum absolute atomic E-state index is 0.351. The summed E-state index contributed by atoms with van der Waals surface area (Å²) in [5, 5.41) is 5.58. The van der Waals surface area contributed by atoms with Crippen LogP contribution in [0.3, 0.4) is 0 Å². The Hall–Kier alpha value is -1.46. The van der Waals surface area contributed by atoms with Crippen LogP contribution in [0.1, 0.15) is 37.6 Å². The van der Waals surface area contributed by atoms with Gasteiger partial charge >= 0.3 is 0 Å². The van der Waals surface area contributed by atoms with Gasteiger partial charge in [0.2, 0.25) is 0 Å². The zero-order valence-corrected chi connectivity index (χ0v) is 13.2. The number of thiazole rings is 1. The highest BCUT2D eigenvalue weighted by molar-refractivity contribution is 7.07. The summed E-state index contributed by atoms with van der Waals surface area (Å²) in [5.41, 5.74) is 4.22. The maximum Gasteiger partial charge on any atom is 0.128 e. The maximum atomic E-state index is 4.46. The van der Waals surface area contributed by atoms with Gasteiger partial charge in [-0.1, -0.05) is 6.92 Å². The second-order valence-electron chi connectivity index (χ2n) is 4.96. The van der Waals surface area contributed by atoms with Gasteiger partial charge < -0.3 is 10.2 Å². The van der Waals surface area contributed by atoms with Crippen molar-refractivity contribution in [3.8, 4) is 0 Å². The standard InChI is InChI=1S/C15H22N4S/c1-4-6-16-12(2)13-5-7-17-15(8-13)19(3)9-14-10-20-11-18-14/h5,7-8,10-12,16H,4,6,9H2,1-3H3. The SMILES string of the molecule is CCCNC(C)c1ccnc(N(C)Cc2cscn2)c1. The molecule has 4 nitrogen and oxygen atoms in total. The summed E-state index contributed by atoms with van der Waals surface area (Å²) in [7, 11) is 2.05. The molecule has 0 amide bonds. The molecule has 2 rings (SSSR count). The first-order valence-corrected chi connectivity index (χ1v) is 7.92. The largest absolute Gasteiger partial charge is 0.354 e. The Labute approximate surface area is 124 Å². The molecule has 0 saturated heterocycles. The molecule has 1 atom stereocenters. The lowest BCUT2D eigenvalue weighted by molar-refractivity contribution is 0.570. The molecule has 2 heterocycles. The first-order chi connectivity index (χ1) is 9.70. The molecule has 1 N–H and O–H groups in total. The summed E-state index contributed by atoms with van der Waals surface area (Å²) >= 11 is 1.63. The second kappa shape index (κ2) is 7.36. The lowest BCUT2D eigenvalue weighted by Gasteiger charge is -2.19. The van der Waals surface area contributed by atoms with E-state index in [1.165, 1.54) is 5.56 Å². The van der Waals surface area contributed by atoms with Crippen LogP contribution in [0.15, 0.2) is 29.2 Å². The molecule has 108 valence electrons. The molecule has 0 fully saturated rings. The highest BCUT2D eigenvalue weighted by Crippen LogP contribution is 2.18. The van der Waals surface area contributed by atoms with Crippen molar-refractivity contribution in [3.05, 3.63) is 40.5 Å². The third-order valence-corrected chi connectivity index (χ3v) is 3.88. The lowest BCUT2D eigenvalue weighted by atomic mass is 10.1. The van der Waals surface area contributed by atoms with Crippen LogP contribution >= 0.6 is 11.3 Å². The molecule has 0 aromatic carbocycles. The van der Waals surface area contributed by atoms with E-state index in [0.29, 0.717) is 6.04 Å². The van der Waals surface area contributed by atoms with E-state index < -0.39 is 0 Å². The Morgan fingerprint density at radius 1 is 1.40 bits per heavy atom. The topological polar surface area (TPSA) is 41.1 Å². The zero-order chi connectivity index (χ0) is 14.4. The first-order valence-electron chi connectivity index (χ1n) is 6.98. The van der Waals surface area contributed by atoms with Crippen LogP contribution in [-0.4, -0.2) is 23.6 Å². The molecule has 5 heteroatoms. The number of rotatable bonds is 7. The van der Waals surface area contributed by atoms with Gasteiger partial charge in [-0.2, -0.15) is 0 Å². The Balaban J connectivity index is 2.04. The van der Waals surface area contributed by atoms with E-state index in [4.69, 9.17) is 0 Å². The van der Waals surface area contributed by atoms with Gasteiger partial charge in [0.25, 0.3) is 0 Å². The van der Waals surface area contributed by atoms with Crippen molar-refractivity contribution >= 4 is 17.2 Å². The Morgan fingerprint density at radius 2 is 2.25 bits per heavy atom. The average molecular weight is 290 g/mol. The van der Waals surface area contributed by atoms with Gasteiger partial charge in [-0.15, -0.1) is 11.3 Å². The Bertz CT molecular complexity index is 512. The predicted octanol–water partition coefficient (Wildman–Crippen LogP) is 3.24. The number of pyridine rings is 1. The molecule has 20 heavy (non-hydrogen) atoms. The molecule has 1 unspecified atom stereocenters. The quantitative estimate of drug-likeness (QED) is 0.850. The number of nitrogens with zero attached hydrogens (tertiary/aromatic N) is 3. The Kier molecular flexibility index (Phi) is 5.49. The van der Waals surface area contributed by atoms with Crippen molar-refractivity contribution in [3.63, 3.8) is 0 Å².